The van der Waals surface area contributed by atoms with Crippen molar-refractivity contribution in [2.45, 2.75) is 45.8 Å². The number of carbonyl (C=O) groups is 1. The summed E-state index contributed by atoms with van der Waals surface area (Å²) in [6, 6.07) is 4.71. The number of ketones is 1. The summed E-state index contributed by atoms with van der Waals surface area (Å²) in [7, 11) is -0.653. The van der Waals surface area contributed by atoms with Crippen molar-refractivity contribution < 1.29 is 24.3 Å². The molecule has 1 aromatic carbocycles. The minimum Gasteiger partial charge on any atom is -0.507 e. The molecule has 0 amide bonds. The minimum absolute atomic E-state index is 0.0594. The van der Waals surface area contributed by atoms with E-state index in [-0.39, 0.29) is 23.7 Å². The van der Waals surface area contributed by atoms with E-state index < -0.39 is 18.3 Å². The van der Waals surface area contributed by atoms with Crippen LogP contribution in [0.3, 0.4) is 0 Å². The van der Waals surface area contributed by atoms with Crippen LogP contribution >= 0.6 is 0 Å². The van der Waals surface area contributed by atoms with Gasteiger partial charge in [0.2, 0.25) is 0 Å². The van der Waals surface area contributed by atoms with E-state index in [0.717, 1.165) is 0 Å². The number of hydrogen-bond donors (Lipinski definition) is 2. The molecule has 0 spiro atoms. The lowest BCUT2D eigenvalue weighted by atomic mass is 9.77. The molecule has 1 aromatic rings. The lowest BCUT2D eigenvalue weighted by molar-refractivity contribution is 0.00578. The number of phenolic OH excluding ortho intramolecular Hbond substituents is 1. The number of aliphatic hydroxyl groups excluding tert-OH is 1. The van der Waals surface area contributed by atoms with Crippen LogP contribution in [-0.4, -0.2) is 40.9 Å². The molecule has 2 N–H and O–H groups in total. The standard InChI is InChI=1S/C17H23BO5/c1-11(20)14-9-12(6-7-15(14)21)8-13(10-19)18-22-16(2,3)17(4,5)23-18/h6-9,19,21H,10H2,1-5H3. The van der Waals surface area contributed by atoms with E-state index in [9.17, 15) is 15.0 Å². The molecule has 1 fully saturated rings. The van der Waals surface area contributed by atoms with Gasteiger partial charge in [-0.25, -0.2) is 0 Å². The van der Waals surface area contributed by atoms with Crippen LogP contribution in [0.5, 0.6) is 5.75 Å². The molecular formula is C17H23BO5. The summed E-state index contributed by atoms with van der Waals surface area (Å²) in [4.78, 5) is 11.5. The predicted molar refractivity (Wildman–Crippen MR) is 89.3 cm³/mol. The van der Waals surface area contributed by atoms with Gasteiger partial charge in [-0.1, -0.05) is 12.1 Å². The van der Waals surface area contributed by atoms with E-state index in [4.69, 9.17) is 9.31 Å². The van der Waals surface area contributed by atoms with Crippen LogP contribution in [0.2, 0.25) is 0 Å². The Morgan fingerprint density at radius 3 is 2.26 bits per heavy atom. The molecule has 2 rings (SSSR count). The van der Waals surface area contributed by atoms with Crippen molar-refractivity contribution in [2.75, 3.05) is 6.61 Å². The predicted octanol–water partition coefficient (Wildman–Crippen LogP) is 2.60. The Bertz CT molecular complexity index is 632. The summed E-state index contributed by atoms with van der Waals surface area (Å²) >= 11 is 0. The van der Waals surface area contributed by atoms with E-state index in [2.05, 4.69) is 0 Å². The van der Waals surface area contributed by atoms with Gasteiger partial charge in [-0.3, -0.25) is 4.79 Å². The highest BCUT2D eigenvalue weighted by Crippen LogP contribution is 2.38. The molecule has 0 radical (unpaired) electrons. The van der Waals surface area contributed by atoms with E-state index in [1.54, 1.807) is 18.2 Å². The fraction of sp³-hybridized carbons (Fsp3) is 0.471. The van der Waals surface area contributed by atoms with Gasteiger partial charge in [0.25, 0.3) is 0 Å². The molecule has 0 unspecified atom stereocenters. The topological polar surface area (TPSA) is 76.0 Å². The first-order valence-corrected chi connectivity index (χ1v) is 7.58. The first-order valence-electron chi connectivity index (χ1n) is 7.58. The first kappa shape index (κ1) is 17.7. The van der Waals surface area contributed by atoms with E-state index >= 15 is 0 Å². The number of aliphatic hydroxyl groups is 1. The number of benzene rings is 1. The lowest BCUT2D eigenvalue weighted by Gasteiger charge is -2.32. The molecule has 1 aliphatic heterocycles. The molecular weight excluding hydrogens is 295 g/mol. The molecule has 1 aliphatic rings. The van der Waals surface area contributed by atoms with Gasteiger partial charge < -0.3 is 19.5 Å². The second kappa shape index (κ2) is 6.11. The van der Waals surface area contributed by atoms with Crippen LogP contribution in [-0.2, 0) is 9.31 Å². The number of hydrogen-bond acceptors (Lipinski definition) is 5. The van der Waals surface area contributed by atoms with Crippen molar-refractivity contribution >= 4 is 19.0 Å². The molecule has 5 nitrogen and oxygen atoms in total. The number of aromatic hydroxyl groups is 1. The maximum atomic E-state index is 11.5. The highest BCUT2D eigenvalue weighted by molar-refractivity contribution is 6.55. The van der Waals surface area contributed by atoms with Crippen molar-refractivity contribution in [1.29, 1.82) is 0 Å². The van der Waals surface area contributed by atoms with Gasteiger partial charge in [0.15, 0.2) is 5.78 Å². The third-order valence-corrected chi connectivity index (χ3v) is 4.49. The minimum atomic E-state index is -0.653. The smallest absolute Gasteiger partial charge is 0.492 e. The Morgan fingerprint density at radius 2 is 1.78 bits per heavy atom. The maximum absolute atomic E-state index is 11.5. The van der Waals surface area contributed by atoms with Gasteiger partial charge >= 0.3 is 7.12 Å². The summed E-state index contributed by atoms with van der Waals surface area (Å²) in [5.74, 6) is -0.283. The summed E-state index contributed by atoms with van der Waals surface area (Å²) in [6.45, 7) is 8.93. The molecule has 0 atom stereocenters. The average Bonchev–Trinajstić information content (AvgIpc) is 2.66. The first-order chi connectivity index (χ1) is 10.6. The number of phenols is 1. The van der Waals surface area contributed by atoms with Crippen molar-refractivity contribution in [3.05, 3.63) is 34.8 Å². The Hall–Kier alpha value is -1.63. The molecule has 124 valence electrons. The summed E-state index contributed by atoms with van der Waals surface area (Å²) in [5.41, 5.74) is 0.497. The van der Waals surface area contributed by atoms with Gasteiger partial charge in [0, 0.05) is 0 Å². The normalized spacial score (nSPS) is 19.9. The van der Waals surface area contributed by atoms with Crippen LogP contribution in [0.15, 0.2) is 23.7 Å². The zero-order valence-corrected chi connectivity index (χ0v) is 14.2. The highest BCUT2D eigenvalue weighted by Gasteiger charge is 2.52. The zero-order chi connectivity index (χ0) is 17.4. The molecule has 0 bridgehead atoms. The SMILES string of the molecule is CC(=O)c1cc(C=C(CO)B2OC(C)(C)C(C)(C)O2)ccc1O. The van der Waals surface area contributed by atoms with Crippen molar-refractivity contribution in [3.8, 4) is 5.75 Å². The third kappa shape index (κ3) is 3.49. The number of carbonyl (C=O) groups excluding carboxylic acids is 1. The second-order valence-electron chi connectivity index (χ2n) is 6.80. The van der Waals surface area contributed by atoms with E-state index in [1.807, 2.05) is 27.7 Å². The quantitative estimate of drug-likeness (QED) is 0.659. The number of rotatable bonds is 4. The van der Waals surface area contributed by atoms with Crippen LogP contribution in [0.25, 0.3) is 6.08 Å². The van der Waals surface area contributed by atoms with Crippen molar-refractivity contribution in [2.24, 2.45) is 0 Å². The largest absolute Gasteiger partial charge is 0.507 e. The summed E-state index contributed by atoms with van der Waals surface area (Å²) in [5, 5.41) is 19.4. The maximum Gasteiger partial charge on any atom is 0.492 e. The van der Waals surface area contributed by atoms with E-state index in [0.29, 0.717) is 11.0 Å². The summed E-state index contributed by atoms with van der Waals surface area (Å²) in [6.07, 6.45) is 1.72. The van der Waals surface area contributed by atoms with Gasteiger partial charge in [-0.2, -0.15) is 0 Å². The molecule has 1 saturated heterocycles. The van der Waals surface area contributed by atoms with Gasteiger partial charge in [-0.05, 0) is 57.8 Å². The van der Waals surface area contributed by atoms with Crippen molar-refractivity contribution in [3.63, 3.8) is 0 Å². The molecule has 6 heteroatoms. The summed E-state index contributed by atoms with van der Waals surface area (Å²) < 4.78 is 11.8. The van der Waals surface area contributed by atoms with Crippen LogP contribution in [0.4, 0.5) is 0 Å². The number of Topliss-reactive ketones (excluding diaryl/α,β-unsaturated/α-hetero) is 1. The van der Waals surface area contributed by atoms with Gasteiger partial charge in [0.05, 0.1) is 23.4 Å². The second-order valence-corrected chi connectivity index (χ2v) is 6.80. The zero-order valence-electron chi connectivity index (χ0n) is 14.2. The van der Waals surface area contributed by atoms with Gasteiger partial charge in [0.1, 0.15) is 5.75 Å². The Morgan fingerprint density at radius 1 is 1.22 bits per heavy atom. The lowest BCUT2D eigenvalue weighted by Crippen LogP contribution is -2.41. The van der Waals surface area contributed by atoms with Crippen LogP contribution < -0.4 is 0 Å². The molecule has 0 saturated carbocycles. The molecule has 0 aromatic heterocycles. The molecule has 0 aliphatic carbocycles. The third-order valence-electron chi connectivity index (χ3n) is 4.49. The van der Waals surface area contributed by atoms with Gasteiger partial charge in [-0.15, -0.1) is 0 Å². The molecule has 23 heavy (non-hydrogen) atoms. The van der Waals surface area contributed by atoms with Crippen LogP contribution in [0.1, 0.15) is 50.5 Å². The Labute approximate surface area is 137 Å². The Balaban J connectivity index is 2.34. The average molecular weight is 318 g/mol. The fourth-order valence-electron chi connectivity index (χ4n) is 2.32. The molecule has 1 heterocycles. The van der Waals surface area contributed by atoms with E-state index in [1.165, 1.54) is 13.0 Å². The monoisotopic (exact) mass is 318 g/mol. The van der Waals surface area contributed by atoms with Crippen LogP contribution in [0, 0.1) is 0 Å². The fourth-order valence-corrected chi connectivity index (χ4v) is 2.32. The highest BCUT2D eigenvalue weighted by atomic mass is 16.7. The Kier molecular flexibility index (Phi) is 4.71. The van der Waals surface area contributed by atoms with Crippen molar-refractivity contribution in [1.82, 2.24) is 0 Å².